The number of amides is 1. The average molecular weight is 224 g/mol. The molecule has 1 saturated heterocycles. The molecule has 2 aliphatic rings. The molecule has 1 atom stereocenters. The van der Waals surface area contributed by atoms with E-state index in [0.29, 0.717) is 17.7 Å². The van der Waals surface area contributed by atoms with E-state index in [4.69, 9.17) is 5.73 Å². The Morgan fingerprint density at radius 2 is 1.88 bits per heavy atom. The molecule has 3 nitrogen and oxygen atoms in total. The van der Waals surface area contributed by atoms with Crippen molar-refractivity contribution >= 4 is 5.91 Å². The predicted octanol–water partition coefficient (Wildman–Crippen LogP) is 1.76. The third-order valence-electron chi connectivity index (χ3n) is 4.12. The highest BCUT2D eigenvalue weighted by Crippen LogP contribution is 2.27. The molecule has 16 heavy (non-hydrogen) atoms. The van der Waals surface area contributed by atoms with Gasteiger partial charge in [-0.3, -0.25) is 4.79 Å². The molecule has 1 aliphatic heterocycles. The Morgan fingerprint density at radius 3 is 2.56 bits per heavy atom. The van der Waals surface area contributed by atoms with Gasteiger partial charge in [-0.2, -0.15) is 0 Å². The summed E-state index contributed by atoms with van der Waals surface area (Å²) in [4.78, 5) is 14.4. The summed E-state index contributed by atoms with van der Waals surface area (Å²) in [5.74, 6) is 1.28. The van der Waals surface area contributed by atoms with Crippen LogP contribution in [0.1, 0.15) is 44.9 Å². The molecule has 0 aromatic heterocycles. The highest BCUT2D eigenvalue weighted by molar-refractivity contribution is 5.79. The summed E-state index contributed by atoms with van der Waals surface area (Å²) in [6.07, 6.45) is 8.36. The second kappa shape index (κ2) is 5.67. The van der Waals surface area contributed by atoms with Gasteiger partial charge in [-0.15, -0.1) is 0 Å². The van der Waals surface area contributed by atoms with Crippen molar-refractivity contribution in [1.29, 1.82) is 0 Å². The molecule has 1 saturated carbocycles. The zero-order chi connectivity index (χ0) is 11.4. The van der Waals surface area contributed by atoms with Crippen LogP contribution < -0.4 is 5.73 Å². The van der Waals surface area contributed by atoms with Crippen molar-refractivity contribution in [3.05, 3.63) is 0 Å². The van der Waals surface area contributed by atoms with Crippen molar-refractivity contribution in [1.82, 2.24) is 4.90 Å². The van der Waals surface area contributed by atoms with Crippen molar-refractivity contribution in [2.75, 3.05) is 19.6 Å². The summed E-state index contributed by atoms with van der Waals surface area (Å²) >= 11 is 0. The lowest BCUT2D eigenvalue weighted by Crippen LogP contribution is -2.45. The Bertz CT molecular complexity index is 236. The zero-order valence-electron chi connectivity index (χ0n) is 10.2. The highest BCUT2D eigenvalue weighted by Gasteiger charge is 2.29. The fraction of sp³-hybridized carbons (Fsp3) is 0.923. The van der Waals surface area contributed by atoms with Gasteiger partial charge < -0.3 is 10.6 Å². The van der Waals surface area contributed by atoms with Gasteiger partial charge in [0, 0.05) is 19.0 Å². The number of nitrogens with two attached hydrogens (primary N) is 1. The smallest absolute Gasteiger partial charge is 0.225 e. The molecule has 1 aliphatic carbocycles. The second-order valence-electron chi connectivity index (χ2n) is 5.36. The molecule has 2 fully saturated rings. The van der Waals surface area contributed by atoms with Gasteiger partial charge in [0.25, 0.3) is 0 Å². The third kappa shape index (κ3) is 2.76. The number of nitrogens with zero attached hydrogens (tertiary/aromatic N) is 1. The molecular weight excluding hydrogens is 200 g/mol. The molecule has 1 unspecified atom stereocenters. The van der Waals surface area contributed by atoms with E-state index in [1.54, 1.807) is 0 Å². The molecule has 0 radical (unpaired) electrons. The minimum absolute atomic E-state index is 0.324. The van der Waals surface area contributed by atoms with Gasteiger partial charge in [0.15, 0.2) is 0 Å². The number of likely N-dealkylation sites (tertiary alicyclic amines) is 1. The third-order valence-corrected chi connectivity index (χ3v) is 4.12. The molecule has 0 bridgehead atoms. The fourth-order valence-corrected chi connectivity index (χ4v) is 3.07. The molecule has 0 aromatic rings. The second-order valence-corrected chi connectivity index (χ2v) is 5.36. The SMILES string of the molecule is NCC1CCCN(C(=O)C2CCCCC2)C1. The number of carbonyl (C=O) groups is 1. The summed E-state index contributed by atoms with van der Waals surface area (Å²) in [7, 11) is 0. The average Bonchev–Trinajstić information content (AvgIpc) is 2.39. The van der Waals surface area contributed by atoms with Gasteiger partial charge in [0.2, 0.25) is 5.91 Å². The van der Waals surface area contributed by atoms with E-state index in [-0.39, 0.29) is 0 Å². The summed E-state index contributed by atoms with van der Waals surface area (Å²) in [5.41, 5.74) is 5.71. The van der Waals surface area contributed by atoms with Gasteiger partial charge in [-0.25, -0.2) is 0 Å². The normalized spacial score (nSPS) is 28.1. The van der Waals surface area contributed by atoms with Gasteiger partial charge in [0.1, 0.15) is 0 Å². The first-order valence-corrected chi connectivity index (χ1v) is 6.80. The fourth-order valence-electron chi connectivity index (χ4n) is 3.07. The number of rotatable bonds is 2. The van der Waals surface area contributed by atoms with Crippen molar-refractivity contribution < 1.29 is 4.79 Å². The molecule has 2 rings (SSSR count). The van der Waals surface area contributed by atoms with E-state index in [1.165, 1.54) is 25.7 Å². The lowest BCUT2D eigenvalue weighted by atomic mass is 9.87. The summed E-state index contributed by atoms with van der Waals surface area (Å²) in [6.45, 7) is 2.60. The van der Waals surface area contributed by atoms with Crippen molar-refractivity contribution in [2.24, 2.45) is 17.6 Å². The van der Waals surface area contributed by atoms with Gasteiger partial charge in [-0.05, 0) is 38.1 Å². The zero-order valence-corrected chi connectivity index (χ0v) is 10.2. The molecule has 1 heterocycles. The lowest BCUT2D eigenvalue weighted by molar-refractivity contribution is -0.138. The van der Waals surface area contributed by atoms with Crippen LogP contribution in [0.5, 0.6) is 0 Å². The van der Waals surface area contributed by atoms with Crippen LogP contribution in [-0.2, 0) is 4.79 Å². The van der Waals surface area contributed by atoms with Gasteiger partial charge in [-0.1, -0.05) is 19.3 Å². The minimum Gasteiger partial charge on any atom is -0.342 e. The van der Waals surface area contributed by atoms with Crippen LogP contribution in [0.25, 0.3) is 0 Å². The predicted molar refractivity (Wildman–Crippen MR) is 64.9 cm³/mol. The Balaban J connectivity index is 1.87. The Morgan fingerprint density at radius 1 is 1.12 bits per heavy atom. The first-order valence-electron chi connectivity index (χ1n) is 6.80. The van der Waals surface area contributed by atoms with Crippen LogP contribution in [0.2, 0.25) is 0 Å². The topological polar surface area (TPSA) is 46.3 Å². The minimum atomic E-state index is 0.324. The molecular formula is C13H24N2O. The lowest BCUT2D eigenvalue weighted by Gasteiger charge is -2.35. The van der Waals surface area contributed by atoms with E-state index < -0.39 is 0 Å². The highest BCUT2D eigenvalue weighted by atomic mass is 16.2. The Kier molecular flexibility index (Phi) is 4.22. The monoisotopic (exact) mass is 224 g/mol. The maximum Gasteiger partial charge on any atom is 0.225 e. The van der Waals surface area contributed by atoms with Crippen LogP contribution in [0.4, 0.5) is 0 Å². The number of hydrogen-bond donors (Lipinski definition) is 1. The van der Waals surface area contributed by atoms with Crippen LogP contribution in [0.3, 0.4) is 0 Å². The standard InChI is InChI=1S/C13H24N2O/c14-9-11-5-4-8-15(10-11)13(16)12-6-2-1-3-7-12/h11-12H,1-10,14H2. The van der Waals surface area contributed by atoms with Crippen LogP contribution in [0.15, 0.2) is 0 Å². The molecule has 0 spiro atoms. The molecule has 0 aromatic carbocycles. The Labute approximate surface area is 98.4 Å². The van der Waals surface area contributed by atoms with E-state index in [1.807, 2.05) is 0 Å². The maximum atomic E-state index is 12.3. The van der Waals surface area contributed by atoms with Gasteiger partial charge >= 0.3 is 0 Å². The number of hydrogen-bond acceptors (Lipinski definition) is 2. The van der Waals surface area contributed by atoms with E-state index in [2.05, 4.69) is 4.90 Å². The molecule has 1 amide bonds. The van der Waals surface area contributed by atoms with Crippen LogP contribution >= 0.6 is 0 Å². The first kappa shape index (κ1) is 11.9. The molecule has 92 valence electrons. The molecule has 2 N–H and O–H groups in total. The van der Waals surface area contributed by atoms with Crippen molar-refractivity contribution in [3.63, 3.8) is 0 Å². The summed E-state index contributed by atoms with van der Waals surface area (Å²) in [6, 6.07) is 0. The van der Waals surface area contributed by atoms with Gasteiger partial charge in [0.05, 0.1) is 0 Å². The number of carbonyl (C=O) groups excluding carboxylic acids is 1. The summed E-state index contributed by atoms with van der Waals surface area (Å²) < 4.78 is 0. The maximum absolute atomic E-state index is 12.3. The first-order chi connectivity index (χ1) is 7.81. The van der Waals surface area contributed by atoms with E-state index in [9.17, 15) is 4.79 Å². The quantitative estimate of drug-likeness (QED) is 0.777. The number of piperidine rings is 1. The largest absolute Gasteiger partial charge is 0.342 e. The van der Waals surface area contributed by atoms with Crippen molar-refractivity contribution in [2.45, 2.75) is 44.9 Å². The van der Waals surface area contributed by atoms with Crippen LogP contribution in [0, 0.1) is 11.8 Å². The van der Waals surface area contributed by atoms with Crippen molar-refractivity contribution in [3.8, 4) is 0 Å². The van der Waals surface area contributed by atoms with E-state index >= 15 is 0 Å². The van der Waals surface area contributed by atoms with E-state index in [0.717, 1.165) is 38.9 Å². The Hall–Kier alpha value is -0.570. The summed E-state index contributed by atoms with van der Waals surface area (Å²) in [5, 5.41) is 0. The molecule has 3 heteroatoms. The van der Waals surface area contributed by atoms with Crippen LogP contribution in [-0.4, -0.2) is 30.4 Å².